The van der Waals surface area contributed by atoms with Gasteiger partial charge in [-0.25, -0.2) is 0 Å². The highest BCUT2D eigenvalue weighted by molar-refractivity contribution is 6.21. The summed E-state index contributed by atoms with van der Waals surface area (Å²) in [6, 6.07) is 8.51. The molecule has 1 aromatic carbocycles. The van der Waals surface area contributed by atoms with Crippen LogP contribution in [0.3, 0.4) is 0 Å². The van der Waals surface area contributed by atoms with Gasteiger partial charge in [0, 0.05) is 5.56 Å². The summed E-state index contributed by atoms with van der Waals surface area (Å²) in [5, 5.41) is 5.77. The molecule has 1 radical (unpaired) electrons. The first-order valence-corrected chi connectivity index (χ1v) is 3.06. The Labute approximate surface area is 63.1 Å². The number of halogens is 2. The Hall–Kier alpha value is -0.600. The molecule has 1 unspecified atom stereocenters. The van der Waals surface area contributed by atoms with Crippen LogP contribution in [0.2, 0.25) is 0 Å². The van der Waals surface area contributed by atoms with Crippen LogP contribution in [-0.2, 0) is 5.31 Å². The SMILES string of the molecule is OC(F)(Cl)c1[c]cccc1. The molecule has 0 saturated heterocycles. The molecule has 53 valence electrons. The Bertz CT molecular complexity index is 205. The first kappa shape index (κ1) is 7.51. The van der Waals surface area contributed by atoms with E-state index in [4.69, 9.17) is 16.7 Å². The van der Waals surface area contributed by atoms with Crippen molar-refractivity contribution in [2.45, 2.75) is 5.31 Å². The highest BCUT2D eigenvalue weighted by Gasteiger charge is 2.23. The third-order valence-electron chi connectivity index (χ3n) is 1.03. The molecule has 1 atom stereocenters. The minimum Gasteiger partial charge on any atom is -0.346 e. The van der Waals surface area contributed by atoms with Gasteiger partial charge < -0.3 is 5.11 Å². The quantitative estimate of drug-likeness (QED) is 0.620. The van der Waals surface area contributed by atoms with Crippen LogP contribution in [0.5, 0.6) is 0 Å². The van der Waals surface area contributed by atoms with Crippen molar-refractivity contribution in [2.24, 2.45) is 0 Å². The molecule has 1 N–H and O–H groups in total. The minimum absolute atomic E-state index is 0.0725. The van der Waals surface area contributed by atoms with Crippen LogP contribution in [0, 0.1) is 6.07 Å². The van der Waals surface area contributed by atoms with Crippen molar-refractivity contribution in [2.75, 3.05) is 0 Å². The van der Waals surface area contributed by atoms with E-state index in [1.54, 1.807) is 12.1 Å². The molecule has 0 heterocycles. The highest BCUT2D eigenvalue weighted by atomic mass is 35.5. The molecule has 0 bridgehead atoms. The number of rotatable bonds is 1. The van der Waals surface area contributed by atoms with Crippen LogP contribution in [0.25, 0.3) is 0 Å². The number of aliphatic hydroxyl groups is 1. The summed E-state index contributed by atoms with van der Waals surface area (Å²) < 4.78 is 12.4. The van der Waals surface area contributed by atoms with E-state index in [1.165, 1.54) is 12.1 Å². The van der Waals surface area contributed by atoms with Crippen LogP contribution in [0.4, 0.5) is 4.39 Å². The summed E-state index contributed by atoms with van der Waals surface area (Å²) >= 11 is 4.92. The van der Waals surface area contributed by atoms with E-state index in [-0.39, 0.29) is 5.56 Å². The molecule has 0 spiro atoms. The third kappa shape index (κ3) is 1.69. The Morgan fingerprint density at radius 2 is 2.30 bits per heavy atom. The molecule has 0 fully saturated rings. The Kier molecular flexibility index (Phi) is 1.92. The predicted molar refractivity (Wildman–Crippen MR) is 36.1 cm³/mol. The first-order valence-electron chi connectivity index (χ1n) is 2.68. The van der Waals surface area contributed by atoms with E-state index in [1.807, 2.05) is 0 Å². The zero-order valence-corrected chi connectivity index (χ0v) is 5.77. The smallest absolute Gasteiger partial charge is 0.311 e. The van der Waals surface area contributed by atoms with Gasteiger partial charge in [0.2, 0.25) is 0 Å². The summed E-state index contributed by atoms with van der Waals surface area (Å²) in [6.07, 6.45) is 0. The zero-order chi connectivity index (χ0) is 7.61. The normalized spacial score (nSPS) is 16.3. The monoisotopic (exact) mass is 159 g/mol. The van der Waals surface area contributed by atoms with Crippen LogP contribution in [0.15, 0.2) is 24.3 Å². The van der Waals surface area contributed by atoms with Gasteiger partial charge in [-0.2, -0.15) is 4.39 Å². The van der Waals surface area contributed by atoms with E-state index < -0.39 is 5.31 Å². The lowest BCUT2D eigenvalue weighted by Gasteiger charge is -2.08. The van der Waals surface area contributed by atoms with Crippen molar-refractivity contribution in [3.05, 3.63) is 35.9 Å². The first-order chi connectivity index (χ1) is 4.61. The Balaban J connectivity index is 2.97. The molecular weight excluding hydrogens is 155 g/mol. The van der Waals surface area contributed by atoms with Crippen molar-refractivity contribution in [1.29, 1.82) is 0 Å². The maximum absolute atomic E-state index is 12.4. The van der Waals surface area contributed by atoms with Crippen LogP contribution >= 0.6 is 11.6 Å². The molecule has 10 heavy (non-hydrogen) atoms. The van der Waals surface area contributed by atoms with Crippen LogP contribution < -0.4 is 0 Å². The molecule has 1 nitrogen and oxygen atoms in total. The van der Waals surface area contributed by atoms with Gasteiger partial charge in [0.05, 0.1) is 0 Å². The highest BCUT2D eigenvalue weighted by Crippen LogP contribution is 2.25. The van der Waals surface area contributed by atoms with E-state index in [9.17, 15) is 4.39 Å². The molecule has 3 heteroatoms. The molecule has 0 aromatic heterocycles. The minimum atomic E-state index is -2.79. The molecule has 0 aliphatic heterocycles. The molecular formula is C7H5ClFO. The van der Waals surface area contributed by atoms with E-state index >= 15 is 0 Å². The van der Waals surface area contributed by atoms with Gasteiger partial charge in [-0.15, -0.1) is 0 Å². The summed E-state index contributed by atoms with van der Waals surface area (Å²) in [6.45, 7) is 0. The number of hydrogen-bond acceptors (Lipinski definition) is 1. The van der Waals surface area contributed by atoms with E-state index in [0.29, 0.717) is 0 Å². The Morgan fingerprint density at radius 1 is 1.60 bits per heavy atom. The van der Waals surface area contributed by atoms with Crippen molar-refractivity contribution in [1.82, 2.24) is 0 Å². The van der Waals surface area contributed by atoms with E-state index in [2.05, 4.69) is 6.07 Å². The maximum atomic E-state index is 12.4. The number of hydrogen-bond donors (Lipinski definition) is 1. The van der Waals surface area contributed by atoms with Gasteiger partial charge >= 0.3 is 5.31 Å². The van der Waals surface area contributed by atoms with Gasteiger partial charge in [-0.05, 0) is 17.7 Å². The fourth-order valence-corrected chi connectivity index (χ4v) is 0.698. The standard InChI is InChI=1S/C7H5ClFO/c8-7(9,10)6-4-2-1-3-5-6/h1-4,10H. The lowest BCUT2D eigenvalue weighted by molar-refractivity contribution is -0.00951. The summed E-state index contributed by atoms with van der Waals surface area (Å²) in [5.41, 5.74) is -0.0725. The second kappa shape index (κ2) is 2.56. The summed E-state index contributed by atoms with van der Waals surface area (Å²) in [5.74, 6) is 0. The van der Waals surface area contributed by atoms with Crippen LogP contribution in [-0.4, -0.2) is 5.11 Å². The van der Waals surface area contributed by atoms with Gasteiger partial charge in [0.25, 0.3) is 0 Å². The van der Waals surface area contributed by atoms with E-state index in [0.717, 1.165) is 0 Å². The zero-order valence-electron chi connectivity index (χ0n) is 5.01. The second-order valence-electron chi connectivity index (χ2n) is 1.82. The molecule has 1 aromatic rings. The largest absolute Gasteiger partial charge is 0.346 e. The average molecular weight is 160 g/mol. The van der Waals surface area contributed by atoms with Crippen molar-refractivity contribution in [3.8, 4) is 0 Å². The van der Waals surface area contributed by atoms with Crippen LogP contribution in [0.1, 0.15) is 5.56 Å². The average Bonchev–Trinajstić information content (AvgIpc) is 1.88. The van der Waals surface area contributed by atoms with Gasteiger partial charge in [-0.1, -0.05) is 24.3 Å². The molecule has 0 aliphatic carbocycles. The molecule has 0 aliphatic rings. The number of alkyl halides is 2. The lowest BCUT2D eigenvalue weighted by Crippen LogP contribution is -2.09. The van der Waals surface area contributed by atoms with Crippen molar-refractivity contribution >= 4 is 11.6 Å². The maximum Gasteiger partial charge on any atom is 0.311 e. The van der Waals surface area contributed by atoms with Gasteiger partial charge in [-0.3, -0.25) is 0 Å². The van der Waals surface area contributed by atoms with Gasteiger partial charge in [0.15, 0.2) is 0 Å². The molecule has 0 saturated carbocycles. The number of benzene rings is 1. The topological polar surface area (TPSA) is 20.2 Å². The fraction of sp³-hybridized carbons (Fsp3) is 0.143. The second-order valence-corrected chi connectivity index (χ2v) is 2.32. The summed E-state index contributed by atoms with van der Waals surface area (Å²) in [4.78, 5) is 0. The Morgan fingerprint density at radius 3 is 2.60 bits per heavy atom. The molecule has 0 amide bonds. The fourth-order valence-electron chi connectivity index (χ4n) is 0.580. The summed E-state index contributed by atoms with van der Waals surface area (Å²) in [7, 11) is 0. The lowest BCUT2D eigenvalue weighted by atomic mass is 10.2. The predicted octanol–water partition coefficient (Wildman–Crippen LogP) is 1.80. The molecule has 1 rings (SSSR count). The van der Waals surface area contributed by atoms with Crippen molar-refractivity contribution < 1.29 is 9.50 Å². The third-order valence-corrected chi connectivity index (χ3v) is 1.24. The van der Waals surface area contributed by atoms with Gasteiger partial charge in [0.1, 0.15) is 0 Å². The van der Waals surface area contributed by atoms with Crippen molar-refractivity contribution in [3.63, 3.8) is 0 Å².